The van der Waals surface area contributed by atoms with E-state index in [1.807, 2.05) is 0 Å². The first-order valence-electron chi connectivity index (χ1n) is 11.1. The molecule has 0 bridgehead atoms. The number of Topliss-reactive ketones (excluding diaryl/α,β-unsaturated/α-hetero) is 1. The van der Waals surface area contributed by atoms with Gasteiger partial charge in [-0.1, -0.05) is 33.1 Å². The molecule has 3 atom stereocenters. The van der Waals surface area contributed by atoms with Crippen LogP contribution in [0.2, 0.25) is 0 Å². The standard InChI is InChI=1S/C23H37NO4/c1-22(2)11-7-16(19(25)15-22)13-18(21(27)28-3)24-20(26)17-8-12-23(14-17)9-5-4-6-10-23/h16-18H,4-15H2,1-3H3,(H,24,26)/t16?,17?,18-/m0/s1. The number of carbonyl (C=O) groups excluding carboxylic acids is 3. The van der Waals surface area contributed by atoms with Crippen LogP contribution in [0, 0.1) is 22.7 Å². The van der Waals surface area contributed by atoms with E-state index in [4.69, 9.17) is 4.74 Å². The Bertz CT molecular complexity index is 606. The molecule has 0 aromatic carbocycles. The van der Waals surface area contributed by atoms with Crippen LogP contribution in [0.4, 0.5) is 0 Å². The van der Waals surface area contributed by atoms with E-state index in [1.54, 1.807) is 0 Å². The number of hydrogen-bond donors (Lipinski definition) is 1. The summed E-state index contributed by atoms with van der Waals surface area (Å²) in [5.41, 5.74) is 0.391. The van der Waals surface area contributed by atoms with Gasteiger partial charge in [0.05, 0.1) is 7.11 Å². The quantitative estimate of drug-likeness (QED) is 0.714. The Balaban J connectivity index is 1.59. The fraction of sp³-hybridized carbons (Fsp3) is 0.870. The van der Waals surface area contributed by atoms with Crippen molar-refractivity contribution in [2.45, 2.75) is 96.9 Å². The predicted octanol–water partition coefficient (Wildman–Crippen LogP) is 4.18. The molecule has 3 aliphatic carbocycles. The van der Waals surface area contributed by atoms with Crippen molar-refractivity contribution in [1.29, 1.82) is 0 Å². The Kier molecular flexibility index (Phi) is 6.51. The second kappa shape index (κ2) is 8.54. The van der Waals surface area contributed by atoms with Crippen LogP contribution in [-0.4, -0.2) is 30.8 Å². The molecule has 1 N–H and O–H groups in total. The highest BCUT2D eigenvalue weighted by atomic mass is 16.5. The molecule has 2 unspecified atom stereocenters. The first-order chi connectivity index (χ1) is 13.2. The molecule has 0 saturated heterocycles. The van der Waals surface area contributed by atoms with E-state index in [0.29, 0.717) is 18.3 Å². The molecular formula is C23H37NO4. The Morgan fingerprint density at radius 1 is 1.11 bits per heavy atom. The van der Waals surface area contributed by atoms with Gasteiger partial charge in [-0.2, -0.15) is 0 Å². The molecule has 0 aromatic rings. The molecule has 5 nitrogen and oxygen atoms in total. The molecule has 28 heavy (non-hydrogen) atoms. The van der Waals surface area contributed by atoms with Crippen molar-refractivity contribution in [3.63, 3.8) is 0 Å². The minimum atomic E-state index is -0.712. The van der Waals surface area contributed by atoms with E-state index in [1.165, 1.54) is 39.2 Å². The zero-order valence-electron chi connectivity index (χ0n) is 17.9. The maximum Gasteiger partial charge on any atom is 0.328 e. The van der Waals surface area contributed by atoms with E-state index in [0.717, 1.165) is 32.1 Å². The number of carbonyl (C=O) groups is 3. The van der Waals surface area contributed by atoms with Gasteiger partial charge in [0.15, 0.2) is 0 Å². The molecule has 0 aliphatic heterocycles. The maximum absolute atomic E-state index is 12.9. The van der Waals surface area contributed by atoms with Gasteiger partial charge in [-0.3, -0.25) is 9.59 Å². The lowest BCUT2D eigenvalue weighted by Crippen LogP contribution is -2.46. The van der Waals surface area contributed by atoms with Crippen molar-refractivity contribution >= 4 is 17.7 Å². The summed E-state index contributed by atoms with van der Waals surface area (Å²) in [4.78, 5) is 37.8. The number of methoxy groups -OCH3 is 1. The highest BCUT2D eigenvalue weighted by Gasteiger charge is 2.43. The fourth-order valence-electron chi connectivity index (χ4n) is 5.80. The van der Waals surface area contributed by atoms with E-state index in [2.05, 4.69) is 19.2 Å². The van der Waals surface area contributed by atoms with E-state index in [9.17, 15) is 14.4 Å². The number of nitrogens with one attached hydrogen (secondary N) is 1. The monoisotopic (exact) mass is 391 g/mol. The van der Waals surface area contributed by atoms with Gasteiger partial charge < -0.3 is 10.1 Å². The molecule has 0 aromatic heterocycles. The summed E-state index contributed by atoms with van der Waals surface area (Å²) in [6, 6.07) is -0.712. The third kappa shape index (κ3) is 4.96. The van der Waals surface area contributed by atoms with Crippen LogP contribution in [-0.2, 0) is 19.1 Å². The molecule has 3 fully saturated rings. The predicted molar refractivity (Wildman–Crippen MR) is 108 cm³/mol. The Labute approximate surface area is 169 Å². The summed E-state index contributed by atoms with van der Waals surface area (Å²) in [6.07, 6.45) is 12.0. The van der Waals surface area contributed by atoms with Crippen LogP contribution in [0.1, 0.15) is 90.9 Å². The number of amides is 1. The van der Waals surface area contributed by atoms with Crippen LogP contribution >= 0.6 is 0 Å². The first-order valence-corrected chi connectivity index (χ1v) is 11.1. The van der Waals surface area contributed by atoms with Gasteiger partial charge >= 0.3 is 5.97 Å². The summed E-state index contributed by atoms with van der Waals surface area (Å²) >= 11 is 0. The molecule has 158 valence electrons. The molecule has 3 rings (SSSR count). The van der Waals surface area contributed by atoms with Crippen LogP contribution in [0.25, 0.3) is 0 Å². The van der Waals surface area contributed by atoms with Crippen molar-refractivity contribution in [2.75, 3.05) is 7.11 Å². The average Bonchev–Trinajstić information content (AvgIpc) is 3.06. The van der Waals surface area contributed by atoms with Crippen molar-refractivity contribution in [1.82, 2.24) is 5.32 Å². The Morgan fingerprint density at radius 2 is 1.82 bits per heavy atom. The fourth-order valence-corrected chi connectivity index (χ4v) is 5.80. The zero-order chi connectivity index (χ0) is 20.4. The van der Waals surface area contributed by atoms with Crippen molar-refractivity contribution in [2.24, 2.45) is 22.7 Å². The topological polar surface area (TPSA) is 72.5 Å². The minimum Gasteiger partial charge on any atom is -0.467 e. The molecule has 1 spiro atoms. The van der Waals surface area contributed by atoms with E-state index >= 15 is 0 Å². The van der Waals surface area contributed by atoms with Crippen molar-refractivity contribution < 1.29 is 19.1 Å². The van der Waals surface area contributed by atoms with Gasteiger partial charge in [-0.05, 0) is 62.2 Å². The van der Waals surface area contributed by atoms with Crippen LogP contribution in [0.5, 0.6) is 0 Å². The lowest BCUT2D eigenvalue weighted by Gasteiger charge is -2.34. The van der Waals surface area contributed by atoms with E-state index < -0.39 is 12.0 Å². The lowest BCUT2D eigenvalue weighted by atomic mass is 9.71. The average molecular weight is 392 g/mol. The van der Waals surface area contributed by atoms with Gasteiger partial charge in [0, 0.05) is 18.3 Å². The number of hydrogen-bond acceptors (Lipinski definition) is 4. The van der Waals surface area contributed by atoms with Crippen LogP contribution in [0.15, 0.2) is 0 Å². The first kappa shape index (κ1) is 21.3. The largest absolute Gasteiger partial charge is 0.467 e. The summed E-state index contributed by atoms with van der Waals surface area (Å²) in [5.74, 6) is -0.420. The second-order valence-corrected chi connectivity index (χ2v) is 10.4. The number of ketones is 1. The SMILES string of the molecule is COC(=O)[C@H](CC1CCC(C)(C)CC1=O)NC(=O)C1CCC2(CCCCC2)C1. The number of rotatable bonds is 5. The molecule has 3 saturated carbocycles. The third-order valence-electron chi connectivity index (χ3n) is 7.59. The molecular weight excluding hydrogens is 354 g/mol. The molecule has 1 amide bonds. The van der Waals surface area contributed by atoms with E-state index in [-0.39, 0.29) is 28.9 Å². The third-order valence-corrected chi connectivity index (χ3v) is 7.59. The Hall–Kier alpha value is -1.39. The van der Waals surface area contributed by atoms with Gasteiger partial charge in [0.2, 0.25) is 5.91 Å². The molecule has 0 heterocycles. The number of ether oxygens (including phenoxy) is 1. The van der Waals surface area contributed by atoms with Gasteiger partial charge in [0.25, 0.3) is 0 Å². The summed E-state index contributed by atoms with van der Waals surface area (Å²) in [7, 11) is 1.35. The van der Waals surface area contributed by atoms with Crippen molar-refractivity contribution in [3.05, 3.63) is 0 Å². The highest BCUT2D eigenvalue weighted by molar-refractivity contribution is 5.87. The van der Waals surface area contributed by atoms with Gasteiger partial charge in [0.1, 0.15) is 11.8 Å². The molecule has 3 aliphatic rings. The van der Waals surface area contributed by atoms with Gasteiger partial charge in [-0.15, -0.1) is 0 Å². The van der Waals surface area contributed by atoms with Crippen molar-refractivity contribution in [3.8, 4) is 0 Å². The molecule has 5 heteroatoms. The second-order valence-electron chi connectivity index (χ2n) is 10.4. The zero-order valence-corrected chi connectivity index (χ0v) is 17.9. The van der Waals surface area contributed by atoms with Crippen LogP contribution < -0.4 is 5.32 Å². The maximum atomic E-state index is 12.9. The smallest absolute Gasteiger partial charge is 0.328 e. The van der Waals surface area contributed by atoms with Gasteiger partial charge in [-0.25, -0.2) is 4.79 Å². The normalized spacial score (nSPS) is 30.0. The Morgan fingerprint density at radius 3 is 2.46 bits per heavy atom. The highest BCUT2D eigenvalue weighted by Crippen LogP contribution is 2.51. The summed E-state index contributed by atoms with van der Waals surface area (Å²) < 4.78 is 4.94. The molecule has 0 radical (unpaired) electrons. The summed E-state index contributed by atoms with van der Waals surface area (Å²) in [6.45, 7) is 4.23. The van der Waals surface area contributed by atoms with Crippen LogP contribution in [0.3, 0.4) is 0 Å². The summed E-state index contributed by atoms with van der Waals surface area (Å²) in [5, 5.41) is 2.95. The number of esters is 1. The lowest BCUT2D eigenvalue weighted by molar-refractivity contribution is -0.146. The minimum absolute atomic E-state index is 0.00810.